The standard InChI is InChI=1S/C46H56ClN6O5PS/c1-51(22-9-5-6-10-25-60-42-15-11-13-35-36(42)30-53(46(35)56)39-18-19-44(54)50-45(39)55)33-20-23-52(24-21-33)34-17-16-31(40(28-34)58-2)27-43-48-29-37(47)38(49-43)26-32-12-7-8-14-41(32)59(3,4)57/h7-8,11-17,28-29,33,39H,5-6,9-10,18-27,30H2,1-4H3,(H,50,54,55). The number of halogens is 1. The summed E-state index contributed by atoms with van der Waals surface area (Å²) in [4.78, 5) is 54.4. The second-order valence-electron chi connectivity index (χ2n) is 16.6. The molecule has 0 bridgehead atoms. The number of hydrogen-bond acceptors (Lipinski definition) is 10. The van der Waals surface area contributed by atoms with Gasteiger partial charge in [0.25, 0.3) is 5.91 Å². The number of nitrogens with one attached hydrogen (secondary N) is 1. The van der Waals surface area contributed by atoms with E-state index in [0.29, 0.717) is 48.3 Å². The third kappa shape index (κ3) is 10.4. The number of fused-ring (bicyclic) bond motifs is 1. The Hall–Kier alpha value is -4.22. The number of carbonyl (C=O) groups excluding carboxylic acids is 3. The highest BCUT2D eigenvalue weighted by Crippen LogP contribution is 2.37. The highest BCUT2D eigenvalue weighted by Gasteiger charge is 2.40. The van der Waals surface area contributed by atoms with E-state index in [4.69, 9.17) is 21.3 Å². The number of nitrogens with zero attached hydrogens (tertiary/aromatic N) is 5. The van der Waals surface area contributed by atoms with Crippen LogP contribution >= 0.6 is 30.5 Å². The van der Waals surface area contributed by atoms with Gasteiger partial charge in [0.2, 0.25) is 11.8 Å². The van der Waals surface area contributed by atoms with Crippen LogP contribution in [0.4, 0.5) is 5.69 Å². The number of unbranched alkanes of at least 4 members (excludes halogenated alkanes) is 3. The van der Waals surface area contributed by atoms with Gasteiger partial charge in [-0.05, 0) is 94.1 Å². The highest BCUT2D eigenvalue weighted by molar-refractivity contribution is 7.99. The average Bonchev–Trinajstić information content (AvgIpc) is 3.57. The zero-order chi connectivity index (χ0) is 42.4. The topological polar surface area (TPSA) is 125 Å². The zero-order valence-corrected chi connectivity index (χ0v) is 37.6. The molecular weight excluding hydrogens is 815 g/mol. The van der Waals surface area contributed by atoms with Gasteiger partial charge in [-0.15, -0.1) is 11.8 Å². The van der Waals surface area contributed by atoms with Crippen LogP contribution in [0.5, 0.6) is 5.75 Å². The smallest absolute Gasteiger partial charge is 0.255 e. The van der Waals surface area contributed by atoms with Crippen LogP contribution in [0.1, 0.15) is 89.9 Å². The van der Waals surface area contributed by atoms with Crippen LogP contribution in [-0.4, -0.2) is 102 Å². The number of rotatable bonds is 17. The molecule has 4 heterocycles. The van der Waals surface area contributed by atoms with Gasteiger partial charge in [0, 0.05) is 84.2 Å². The molecule has 7 rings (SSSR count). The molecule has 0 radical (unpaired) electrons. The van der Waals surface area contributed by atoms with Crippen molar-refractivity contribution in [1.82, 2.24) is 25.1 Å². The SMILES string of the molecule is COc1cc(N2CCC(N(C)CCCCCCSc3cccc4c3CN(C3CCC(=O)NC3=O)C4=O)CC2)ccc1Cc1ncc(Cl)c(Cc2ccccc2P(C)(C)=O)n1. The van der Waals surface area contributed by atoms with Gasteiger partial charge in [0.1, 0.15) is 24.8 Å². The summed E-state index contributed by atoms with van der Waals surface area (Å²) in [5, 5.41) is 3.73. The van der Waals surface area contributed by atoms with Crippen molar-refractivity contribution in [2.45, 2.75) is 87.7 Å². The molecule has 318 valence electrons. The van der Waals surface area contributed by atoms with E-state index in [1.54, 1.807) is 43.3 Å². The van der Waals surface area contributed by atoms with E-state index in [1.165, 1.54) is 12.8 Å². The molecule has 1 aromatic heterocycles. The summed E-state index contributed by atoms with van der Waals surface area (Å²) in [5.74, 6) is 1.69. The van der Waals surface area contributed by atoms with E-state index in [0.717, 1.165) is 95.1 Å². The number of methoxy groups -OCH3 is 1. The number of imide groups is 1. The zero-order valence-electron chi connectivity index (χ0n) is 35.1. The molecule has 0 saturated carbocycles. The Bertz CT molecular complexity index is 2260. The molecule has 11 nitrogen and oxygen atoms in total. The summed E-state index contributed by atoms with van der Waals surface area (Å²) in [6.45, 7) is 7.06. The highest BCUT2D eigenvalue weighted by atomic mass is 35.5. The van der Waals surface area contributed by atoms with Crippen molar-refractivity contribution >= 4 is 59.2 Å². The Morgan fingerprint density at radius 1 is 0.950 bits per heavy atom. The summed E-state index contributed by atoms with van der Waals surface area (Å²) >= 11 is 8.36. The molecule has 4 aromatic rings. The Kier molecular flexibility index (Phi) is 14.4. The number of amides is 3. The van der Waals surface area contributed by atoms with Gasteiger partial charge in [0.05, 0.1) is 17.8 Å². The predicted molar refractivity (Wildman–Crippen MR) is 241 cm³/mol. The molecule has 2 fully saturated rings. The molecular formula is C46H56ClN6O5PS. The van der Waals surface area contributed by atoms with Crippen molar-refractivity contribution in [3.05, 3.63) is 106 Å². The minimum absolute atomic E-state index is 0.120. The lowest BCUT2D eigenvalue weighted by Crippen LogP contribution is -2.52. The van der Waals surface area contributed by atoms with Crippen molar-refractivity contribution in [2.75, 3.05) is 57.8 Å². The lowest BCUT2D eigenvalue weighted by molar-refractivity contribution is -0.136. The Labute approximate surface area is 363 Å². The molecule has 14 heteroatoms. The summed E-state index contributed by atoms with van der Waals surface area (Å²) < 4.78 is 18.8. The van der Waals surface area contributed by atoms with Gasteiger partial charge in [-0.1, -0.05) is 60.8 Å². The minimum atomic E-state index is -2.47. The van der Waals surface area contributed by atoms with Crippen LogP contribution in [-0.2, 0) is 33.5 Å². The molecule has 60 heavy (non-hydrogen) atoms. The molecule has 1 N–H and O–H groups in total. The fourth-order valence-corrected chi connectivity index (χ4v) is 11.2. The second kappa shape index (κ2) is 19.7. The van der Waals surface area contributed by atoms with E-state index < -0.39 is 13.2 Å². The first kappa shape index (κ1) is 43.9. The second-order valence-corrected chi connectivity index (χ2v) is 21.3. The molecule has 0 aliphatic carbocycles. The van der Waals surface area contributed by atoms with Gasteiger partial charge >= 0.3 is 0 Å². The van der Waals surface area contributed by atoms with Crippen LogP contribution in [0.25, 0.3) is 0 Å². The summed E-state index contributed by atoms with van der Waals surface area (Å²) in [7, 11) is 1.50. The number of carbonyl (C=O) groups is 3. The fourth-order valence-electron chi connectivity index (χ4n) is 8.70. The lowest BCUT2D eigenvalue weighted by Gasteiger charge is -2.38. The normalized spacial score (nSPS) is 17.4. The molecule has 3 aliphatic rings. The number of thioether (sulfide) groups is 1. The maximum absolute atomic E-state index is 13.2. The van der Waals surface area contributed by atoms with Gasteiger partial charge < -0.3 is 24.0 Å². The number of piperidine rings is 2. The molecule has 2 saturated heterocycles. The molecule has 1 atom stereocenters. The average molecular weight is 871 g/mol. The van der Waals surface area contributed by atoms with E-state index >= 15 is 0 Å². The number of aromatic nitrogens is 2. The van der Waals surface area contributed by atoms with Crippen LogP contribution < -0.4 is 20.3 Å². The minimum Gasteiger partial charge on any atom is -0.496 e. The van der Waals surface area contributed by atoms with Crippen molar-refractivity contribution < 1.29 is 23.7 Å². The molecule has 3 aliphatic heterocycles. The Balaban J connectivity index is 0.831. The fraction of sp³-hybridized carbons (Fsp3) is 0.457. The number of benzene rings is 3. The molecule has 3 aromatic carbocycles. The van der Waals surface area contributed by atoms with Crippen LogP contribution in [0.2, 0.25) is 5.02 Å². The van der Waals surface area contributed by atoms with Crippen LogP contribution in [0.3, 0.4) is 0 Å². The largest absolute Gasteiger partial charge is 0.496 e. The van der Waals surface area contributed by atoms with Gasteiger partial charge in [0.15, 0.2) is 0 Å². The third-order valence-corrected chi connectivity index (χ3v) is 15.2. The Morgan fingerprint density at radius 3 is 2.50 bits per heavy atom. The molecule has 3 amide bonds. The number of anilines is 1. The van der Waals surface area contributed by atoms with Crippen molar-refractivity contribution in [1.29, 1.82) is 0 Å². The Morgan fingerprint density at radius 2 is 1.73 bits per heavy atom. The van der Waals surface area contributed by atoms with Crippen molar-refractivity contribution in [2.24, 2.45) is 0 Å². The quantitative estimate of drug-likeness (QED) is 0.0492. The summed E-state index contributed by atoms with van der Waals surface area (Å²) in [6.07, 6.45) is 10.1. The number of hydrogen-bond donors (Lipinski definition) is 1. The molecule has 1 unspecified atom stereocenters. The molecule has 0 spiro atoms. The third-order valence-electron chi connectivity index (χ3n) is 12.1. The van der Waals surface area contributed by atoms with Gasteiger partial charge in [-0.2, -0.15) is 0 Å². The predicted octanol–water partition coefficient (Wildman–Crippen LogP) is 7.58. The lowest BCUT2D eigenvalue weighted by atomic mass is 10.0. The maximum Gasteiger partial charge on any atom is 0.255 e. The van der Waals surface area contributed by atoms with Crippen LogP contribution in [0.15, 0.2) is 71.8 Å². The van der Waals surface area contributed by atoms with E-state index in [2.05, 4.69) is 51.4 Å². The van der Waals surface area contributed by atoms with E-state index in [-0.39, 0.29) is 24.1 Å². The van der Waals surface area contributed by atoms with E-state index in [9.17, 15) is 18.9 Å². The van der Waals surface area contributed by atoms with Crippen molar-refractivity contribution in [3.8, 4) is 5.75 Å². The maximum atomic E-state index is 13.2. The van der Waals surface area contributed by atoms with Crippen molar-refractivity contribution in [3.63, 3.8) is 0 Å². The van der Waals surface area contributed by atoms with Gasteiger partial charge in [-0.3, -0.25) is 19.7 Å². The summed E-state index contributed by atoms with van der Waals surface area (Å²) in [6, 6.07) is 20.0. The monoisotopic (exact) mass is 870 g/mol. The first-order valence-electron chi connectivity index (χ1n) is 21.0. The van der Waals surface area contributed by atoms with E-state index in [1.807, 2.05) is 36.4 Å². The van der Waals surface area contributed by atoms with Gasteiger partial charge in [-0.25, -0.2) is 9.97 Å². The van der Waals surface area contributed by atoms with Crippen LogP contribution in [0, 0.1) is 0 Å². The number of ether oxygens (including phenoxy) is 1. The summed E-state index contributed by atoms with van der Waals surface area (Å²) in [5.41, 5.74) is 5.53. The first-order valence-corrected chi connectivity index (χ1v) is 25.0. The first-order chi connectivity index (χ1) is 28.9.